The lowest BCUT2D eigenvalue weighted by Gasteiger charge is -1.93. The number of carbonyl (C=O) groups is 1. The van der Waals surface area contributed by atoms with Gasteiger partial charge in [-0.15, -0.1) is 0 Å². The van der Waals surface area contributed by atoms with Gasteiger partial charge in [-0.05, 0) is 11.0 Å². The Labute approximate surface area is 62.4 Å². The SMILES string of the molecule is Cn1c(C=O)ccc1[N+](=O)[O-]. The molecule has 0 bridgehead atoms. The van der Waals surface area contributed by atoms with Gasteiger partial charge < -0.3 is 10.1 Å². The summed E-state index contributed by atoms with van der Waals surface area (Å²) in [6.07, 6.45) is 0.576. The lowest BCUT2D eigenvalue weighted by atomic mass is 10.5. The maximum Gasteiger partial charge on any atom is 0.323 e. The highest BCUT2D eigenvalue weighted by Crippen LogP contribution is 2.12. The Morgan fingerprint density at radius 3 is 2.55 bits per heavy atom. The topological polar surface area (TPSA) is 65.1 Å². The number of rotatable bonds is 2. The van der Waals surface area contributed by atoms with E-state index in [0.717, 1.165) is 0 Å². The van der Waals surface area contributed by atoms with Gasteiger partial charge in [-0.2, -0.15) is 0 Å². The van der Waals surface area contributed by atoms with Crippen LogP contribution in [0.4, 0.5) is 5.82 Å². The summed E-state index contributed by atoms with van der Waals surface area (Å²) in [4.78, 5) is 19.9. The summed E-state index contributed by atoms with van der Waals surface area (Å²) in [7, 11) is 1.47. The Hall–Kier alpha value is -1.65. The van der Waals surface area contributed by atoms with Gasteiger partial charge in [0, 0.05) is 6.07 Å². The van der Waals surface area contributed by atoms with E-state index in [9.17, 15) is 14.9 Å². The van der Waals surface area contributed by atoms with E-state index in [0.29, 0.717) is 12.0 Å². The number of nitrogens with zero attached hydrogens (tertiary/aromatic N) is 2. The van der Waals surface area contributed by atoms with Crippen LogP contribution < -0.4 is 0 Å². The maximum absolute atomic E-state index is 10.2. The Morgan fingerprint density at radius 1 is 1.64 bits per heavy atom. The summed E-state index contributed by atoms with van der Waals surface area (Å²) in [5.74, 6) is -0.0768. The third-order valence-electron chi connectivity index (χ3n) is 1.44. The molecule has 0 atom stereocenters. The van der Waals surface area contributed by atoms with E-state index in [-0.39, 0.29) is 5.82 Å². The van der Waals surface area contributed by atoms with Crippen LogP contribution in [-0.4, -0.2) is 15.8 Å². The molecule has 0 radical (unpaired) electrons. The van der Waals surface area contributed by atoms with Crippen LogP contribution in [0.25, 0.3) is 0 Å². The molecule has 0 spiro atoms. The van der Waals surface area contributed by atoms with Crippen LogP contribution in [0.1, 0.15) is 10.5 Å². The molecule has 11 heavy (non-hydrogen) atoms. The van der Waals surface area contributed by atoms with Crippen molar-refractivity contribution in [3.8, 4) is 0 Å². The molecular formula is C6H6N2O3. The van der Waals surface area contributed by atoms with E-state index in [1.54, 1.807) is 0 Å². The lowest BCUT2D eigenvalue weighted by Crippen LogP contribution is -1.99. The molecule has 5 heteroatoms. The standard InChI is InChI=1S/C6H6N2O3/c1-7-5(4-9)2-3-6(7)8(10)11/h2-4H,1H3. The number of aldehydes is 1. The molecule has 0 saturated carbocycles. The highest BCUT2D eigenvalue weighted by atomic mass is 16.6. The van der Waals surface area contributed by atoms with Crippen molar-refractivity contribution >= 4 is 12.1 Å². The summed E-state index contributed by atoms with van der Waals surface area (Å²) < 4.78 is 1.23. The molecule has 1 rings (SSSR count). The van der Waals surface area contributed by atoms with Crippen molar-refractivity contribution < 1.29 is 9.72 Å². The molecule has 0 N–H and O–H groups in total. The molecule has 0 aliphatic carbocycles. The number of aromatic nitrogens is 1. The maximum atomic E-state index is 10.2. The Kier molecular flexibility index (Phi) is 1.72. The van der Waals surface area contributed by atoms with Gasteiger partial charge in [0.25, 0.3) is 0 Å². The normalized spacial score (nSPS) is 9.55. The molecule has 0 saturated heterocycles. The van der Waals surface area contributed by atoms with Gasteiger partial charge in [0.2, 0.25) is 0 Å². The highest BCUT2D eigenvalue weighted by molar-refractivity contribution is 5.73. The molecule has 1 heterocycles. The minimum atomic E-state index is -0.535. The monoisotopic (exact) mass is 154 g/mol. The zero-order valence-corrected chi connectivity index (χ0v) is 5.85. The smallest absolute Gasteiger partial charge is 0.323 e. The minimum Gasteiger partial charge on any atom is -0.358 e. The second-order valence-electron chi connectivity index (χ2n) is 2.05. The lowest BCUT2D eigenvalue weighted by molar-refractivity contribution is -0.391. The minimum absolute atomic E-state index is 0.0768. The Bertz CT molecular complexity index is 303. The van der Waals surface area contributed by atoms with E-state index in [1.807, 2.05) is 0 Å². The third-order valence-corrected chi connectivity index (χ3v) is 1.44. The summed E-state index contributed by atoms with van der Waals surface area (Å²) in [5.41, 5.74) is 0.303. The molecule has 0 aromatic carbocycles. The first-order chi connectivity index (χ1) is 5.16. The average molecular weight is 154 g/mol. The predicted molar refractivity (Wildman–Crippen MR) is 37.5 cm³/mol. The fourth-order valence-electron chi connectivity index (χ4n) is 0.817. The van der Waals surface area contributed by atoms with E-state index < -0.39 is 4.92 Å². The number of nitro groups is 1. The molecule has 0 aliphatic heterocycles. The summed E-state index contributed by atoms with van der Waals surface area (Å²) in [6.45, 7) is 0. The summed E-state index contributed by atoms with van der Waals surface area (Å²) >= 11 is 0. The van der Waals surface area contributed by atoms with Gasteiger partial charge in [0.05, 0.1) is 7.05 Å². The van der Waals surface area contributed by atoms with Crippen LogP contribution in [0.2, 0.25) is 0 Å². The summed E-state index contributed by atoms with van der Waals surface area (Å²) in [5, 5.41) is 10.2. The van der Waals surface area contributed by atoms with Crippen LogP contribution in [0.5, 0.6) is 0 Å². The summed E-state index contributed by atoms with van der Waals surface area (Å²) in [6, 6.07) is 2.70. The first-order valence-electron chi connectivity index (χ1n) is 2.92. The molecule has 58 valence electrons. The number of hydrogen-bond acceptors (Lipinski definition) is 3. The Balaban J connectivity index is 3.20. The van der Waals surface area contributed by atoms with Gasteiger partial charge in [0.15, 0.2) is 12.0 Å². The zero-order valence-electron chi connectivity index (χ0n) is 5.85. The van der Waals surface area contributed by atoms with E-state index >= 15 is 0 Å². The van der Waals surface area contributed by atoms with Crippen LogP contribution in [0.3, 0.4) is 0 Å². The predicted octanol–water partition coefficient (Wildman–Crippen LogP) is 0.746. The molecule has 0 unspecified atom stereocenters. The van der Waals surface area contributed by atoms with Crippen LogP contribution >= 0.6 is 0 Å². The second kappa shape index (κ2) is 2.53. The molecule has 1 aromatic heterocycles. The molecule has 1 aromatic rings. The Morgan fingerprint density at radius 2 is 2.27 bits per heavy atom. The van der Waals surface area contributed by atoms with Gasteiger partial charge in [0.1, 0.15) is 0 Å². The largest absolute Gasteiger partial charge is 0.358 e. The van der Waals surface area contributed by atoms with Crippen molar-refractivity contribution in [1.82, 2.24) is 4.57 Å². The van der Waals surface area contributed by atoms with E-state index in [1.165, 1.54) is 23.7 Å². The first-order valence-corrected chi connectivity index (χ1v) is 2.92. The molecule has 0 fully saturated rings. The van der Waals surface area contributed by atoms with Crippen LogP contribution in [0, 0.1) is 10.1 Å². The van der Waals surface area contributed by atoms with Gasteiger partial charge in [-0.25, -0.2) is 4.57 Å². The average Bonchev–Trinajstić information content (AvgIpc) is 2.30. The van der Waals surface area contributed by atoms with Crippen LogP contribution in [-0.2, 0) is 7.05 Å². The fourth-order valence-corrected chi connectivity index (χ4v) is 0.817. The molecule has 5 nitrogen and oxygen atoms in total. The quantitative estimate of drug-likeness (QED) is 0.358. The van der Waals surface area contributed by atoms with E-state index in [4.69, 9.17) is 0 Å². The molecule has 0 aliphatic rings. The van der Waals surface area contributed by atoms with Crippen molar-refractivity contribution in [1.29, 1.82) is 0 Å². The fraction of sp³-hybridized carbons (Fsp3) is 0.167. The van der Waals surface area contributed by atoms with Crippen molar-refractivity contribution in [2.24, 2.45) is 7.05 Å². The van der Waals surface area contributed by atoms with Crippen molar-refractivity contribution in [2.45, 2.75) is 0 Å². The first kappa shape index (κ1) is 7.46. The molecule has 0 amide bonds. The number of carbonyl (C=O) groups excluding carboxylic acids is 1. The van der Waals surface area contributed by atoms with E-state index in [2.05, 4.69) is 0 Å². The zero-order chi connectivity index (χ0) is 8.43. The van der Waals surface area contributed by atoms with Crippen molar-refractivity contribution in [3.63, 3.8) is 0 Å². The van der Waals surface area contributed by atoms with Crippen LogP contribution in [0.15, 0.2) is 12.1 Å². The van der Waals surface area contributed by atoms with Gasteiger partial charge in [-0.1, -0.05) is 0 Å². The third kappa shape index (κ3) is 1.12. The molecular weight excluding hydrogens is 148 g/mol. The van der Waals surface area contributed by atoms with Crippen molar-refractivity contribution in [3.05, 3.63) is 27.9 Å². The van der Waals surface area contributed by atoms with Gasteiger partial charge in [-0.3, -0.25) is 4.79 Å². The van der Waals surface area contributed by atoms with Gasteiger partial charge >= 0.3 is 5.82 Å². The van der Waals surface area contributed by atoms with Crippen molar-refractivity contribution in [2.75, 3.05) is 0 Å². The second-order valence-corrected chi connectivity index (χ2v) is 2.05. The highest BCUT2D eigenvalue weighted by Gasteiger charge is 2.12. The number of hydrogen-bond donors (Lipinski definition) is 0.